The molecule has 0 radical (unpaired) electrons. The Morgan fingerprint density at radius 3 is 2.48 bits per heavy atom. The molecule has 7 nitrogen and oxygen atoms in total. The van der Waals surface area contributed by atoms with Crippen molar-refractivity contribution >= 4 is 17.7 Å². The monoisotopic (exact) mass is 423 g/mol. The first-order chi connectivity index (χ1) is 15.0. The molecule has 0 aromatic heterocycles. The standard InChI is InChI=1S/C24H29N3O4/c1-27(22(28)17-31-19-12-6-3-7-13-19)21(16-18-10-4-2-5-11-18)24(30)26-20-14-8-9-15-25-23(20)29/h2-7,10-13,20-21H,8-9,14-17H2,1H3,(H,25,29)(H,26,30)/t20-,21-/m0/s1. The largest absolute Gasteiger partial charge is 0.484 e. The molecular weight excluding hydrogens is 394 g/mol. The molecule has 0 aliphatic carbocycles. The smallest absolute Gasteiger partial charge is 0.260 e. The zero-order valence-electron chi connectivity index (χ0n) is 17.8. The van der Waals surface area contributed by atoms with Gasteiger partial charge < -0.3 is 20.3 Å². The number of hydrogen-bond donors (Lipinski definition) is 2. The summed E-state index contributed by atoms with van der Waals surface area (Å²) in [5.74, 6) is -0.249. The molecule has 0 unspecified atom stereocenters. The summed E-state index contributed by atoms with van der Waals surface area (Å²) in [7, 11) is 1.59. The molecule has 164 valence electrons. The Morgan fingerprint density at radius 2 is 1.77 bits per heavy atom. The van der Waals surface area contributed by atoms with Crippen LogP contribution in [0, 0.1) is 0 Å². The van der Waals surface area contributed by atoms with E-state index in [1.165, 1.54) is 4.90 Å². The van der Waals surface area contributed by atoms with Gasteiger partial charge in [0.2, 0.25) is 11.8 Å². The molecule has 1 saturated heterocycles. The molecule has 2 atom stereocenters. The van der Waals surface area contributed by atoms with Crippen LogP contribution in [0.25, 0.3) is 0 Å². The van der Waals surface area contributed by atoms with E-state index in [0.29, 0.717) is 25.1 Å². The minimum Gasteiger partial charge on any atom is -0.484 e. The first-order valence-electron chi connectivity index (χ1n) is 10.6. The third-order valence-corrected chi connectivity index (χ3v) is 5.39. The van der Waals surface area contributed by atoms with Gasteiger partial charge in [0.1, 0.15) is 17.8 Å². The van der Waals surface area contributed by atoms with Crippen LogP contribution < -0.4 is 15.4 Å². The lowest BCUT2D eigenvalue weighted by atomic mass is 10.0. The molecule has 3 rings (SSSR count). The van der Waals surface area contributed by atoms with E-state index in [-0.39, 0.29) is 24.3 Å². The quantitative estimate of drug-likeness (QED) is 0.679. The molecule has 31 heavy (non-hydrogen) atoms. The Balaban J connectivity index is 1.70. The maximum atomic E-state index is 13.2. The zero-order chi connectivity index (χ0) is 22.1. The molecule has 2 N–H and O–H groups in total. The van der Waals surface area contributed by atoms with Crippen LogP contribution in [-0.4, -0.2) is 54.9 Å². The van der Waals surface area contributed by atoms with Crippen LogP contribution in [-0.2, 0) is 20.8 Å². The van der Waals surface area contributed by atoms with Crippen LogP contribution in [0.5, 0.6) is 5.75 Å². The molecule has 1 heterocycles. The van der Waals surface area contributed by atoms with E-state index in [9.17, 15) is 14.4 Å². The summed E-state index contributed by atoms with van der Waals surface area (Å²) in [5, 5.41) is 5.68. The number of benzene rings is 2. The summed E-state index contributed by atoms with van der Waals surface area (Å²) in [5.41, 5.74) is 0.927. The highest BCUT2D eigenvalue weighted by atomic mass is 16.5. The molecule has 1 fully saturated rings. The van der Waals surface area contributed by atoms with Crippen molar-refractivity contribution in [1.29, 1.82) is 0 Å². The highest BCUT2D eigenvalue weighted by molar-refractivity contribution is 5.92. The average Bonchev–Trinajstić information content (AvgIpc) is 3.00. The van der Waals surface area contributed by atoms with Gasteiger partial charge in [-0.3, -0.25) is 14.4 Å². The number of nitrogens with one attached hydrogen (secondary N) is 2. The second kappa shape index (κ2) is 11.2. The topological polar surface area (TPSA) is 87.7 Å². The zero-order valence-corrected chi connectivity index (χ0v) is 17.8. The van der Waals surface area contributed by atoms with Crippen molar-refractivity contribution in [1.82, 2.24) is 15.5 Å². The molecule has 3 amide bonds. The average molecular weight is 424 g/mol. The Hall–Kier alpha value is -3.35. The van der Waals surface area contributed by atoms with E-state index >= 15 is 0 Å². The van der Waals surface area contributed by atoms with Crippen molar-refractivity contribution in [3.8, 4) is 5.75 Å². The molecule has 7 heteroatoms. The summed E-state index contributed by atoms with van der Waals surface area (Å²) in [6, 6.07) is 17.2. The predicted molar refractivity (Wildman–Crippen MR) is 117 cm³/mol. The van der Waals surface area contributed by atoms with E-state index in [1.807, 2.05) is 48.5 Å². The van der Waals surface area contributed by atoms with Crippen LogP contribution in [0.3, 0.4) is 0 Å². The van der Waals surface area contributed by atoms with Gasteiger partial charge in [-0.05, 0) is 37.0 Å². The molecule has 1 aliphatic heterocycles. The summed E-state index contributed by atoms with van der Waals surface area (Å²) in [4.78, 5) is 39.6. The van der Waals surface area contributed by atoms with Crippen LogP contribution in [0.15, 0.2) is 60.7 Å². The van der Waals surface area contributed by atoms with Crippen LogP contribution >= 0.6 is 0 Å². The first-order valence-corrected chi connectivity index (χ1v) is 10.6. The lowest BCUT2D eigenvalue weighted by Crippen LogP contribution is -2.55. The van der Waals surface area contributed by atoms with Gasteiger partial charge in [-0.25, -0.2) is 0 Å². The normalized spacial score (nSPS) is 17.1. The van der Waals surface area contributed by atoms with Gasteiger partial charge in [0.15, 0.2) is 6.61 Å². The van der Waals surface area contributed by atoms with Crippen LogP contribution in [0.2, 0.25) is 0 Å². The van der Waals surface area contributed by atoms with Gasteiger partial charge in [-0.2, -0.15) is 0 Å². The van der Waals surface area contributed by atoms with Gasteiger partial charge in [-0.15, -0.1) is 0 Å². The SMILES string of the molecule is CN(C(=O)COc1ccccc1)[C@@H](Cc1ccccc1)C(=O)N[C@H]1CCCCNC1=O. The van der Waals surface area contributed by atoms with Crippen molar-refractivity contribution in [2.75, 3.05) is 20.2 Å². The van der Waals surface area contributed by atoms with E-state index in [1.54, 1.807) is 19.2 Å². The van der Waals surface area contributed by atoms with Crippen molar-refractivity contribution in [2.45, 2.75) is 37.8 Å². The number of para-hydroxylation sites is 1. The highest BCUT2D eigenvalue weighted by Gasteiger charge is 2.31. The second-order valence-electron chi connectivity index (χ2n) is 7.66. The molecule has 0 saturated carbocycles. The fourth-order valence-corrected chi connectivity index (χ4v) is 3.53. The Kier molecular flexibility index (Phi) is 8.04. The number of hydrogen-bond acceptors (Lipinski definition) is 4. The van der Waals surface area contributed by atoms with Crippen molar-refractivity contribution in [3.63, 3.8) is 0 Å². The van der Waals surface area contributed by atoms with Crippen LogP contribution in [0.4, 0.5) is 0 Å². The second-order valence-corrected chi connectivity index (χ2v) is 7.66. The van der Waals surface area contributed by atoms with Crippen molar-refractivity contribution in [3.05, 3.63) is 66.2 Å². The van der Waals surface area contributed by atoms with E-state index in [2.05, 4.69) is 10.6 Å². The van der Waals surface area contributed by atoms with E-state index in [4.69, 9.17) is 4.74 Å². The number of carbonyl (C=O) groups is 3. The molecule has 2 aromatic rings. The van der Waals surface area contributed by atoms with E-state index in [0.717, 1.165) is 18.4 Å². The Morgan fingerprint density at radius 1 is 1.10 bits per heavy atom. The van der Waals surface area contributed by atoms with Gasteiger partial charge in [0, 0.05) is 20.0 Å². The summed E-state index contributed by atoms with van der Waals surface area (Å²) in [6.07, 6.45) is 2.67. The van der Waals surface area contributed by atoms with Gasteiger partial charge >= 0.3 is 0 Å². The number of carbonyl (C=O) groups excluding carboxylic acids is 3. The summed E-state index contributed by atoms with van der Waals surface area (Å²) >= 11 is 0. The minimum absolute atomic E-state index is 0.175. The number of nitrogens with zero attached hydrogens (tertiary/aromatic N) is 1. The molecule has 2 aromatic carbocycles. The van der Waals surface area contributed by atoms with Crippen molar-refractivity contribution in [2.24, 2.45) is 0 Å². The molecule has 0 bridgehead atoms. The molecular formula is C24H29N3O4. The molecule has 1 aliphatic rings. The first kappa shape index (κ1) is 22.3. The fourth-order valence-electron chi connectivity index (χ4n) is 3.53. The number of likely N-dealkylation sites (N-methyl/N-ethyl adjacent to an activating group) is 1. The van der Waals surface area contributed by atoms with Gasteiger partial charge in [0.05, 0.1) is 0 Å². The Bertz CT molecular complexity index is 873. The lowest BCUT2D eigenvalue weighted by Gasteiger charge is -2.29. The number of rotatable bonds is 8. The highest BCUT2D eigenvalue weighted by Crippen LogP contribution is 2.13. The minimum atomic E-state index is -0.759. The lowest BCUT2D eigenvalue weighted by molar-refractivity contribution is -0.141. The maximum absolute atomic E-state index is 13.2. The summed E-state index contributed by atoms with van der Waals surface area (Å²) in [6.45, 7) is 0.441. The summed E-state index contributed by atoms with van der Waals surface area (Å²) < 4.78 is 5.57. The van der Waals surface area contributed by atoms with Gasteiger partial charge in [-0.1, -0.05) is 48.5 Å². The third-order valence-electron chi connectivity index (χ3n) is 5.39. The molecule has 0 spiro atoms. The maximum Gasteiger partial charge on any atom is 0.260 e. The predicted octanol–water partition coefficient (Wildman–Crippen LogP) is 1.92. The third kappa shape index (κ3) is 6.57. The fraction of sp³-hybridized carbons (Fsp3) is 0.375. The Labute approximate surface area is 182 Å². The van der Waals surface area contributed by atoms with Crippen molar-refractivity contribution < 1.29 is 19.1 Å². The van der Waals surface area contributed by atoms with E-state index < -0.39 is 12.1 Å². The number of ether oxygens (including phenoxy) is 1. The van der Waals surface area contributed by atoms with Gasteiger partial charge in [0.25, 0.3) is 5.91 Å². The van der Waals surface area contributed by atoms with Crippen LogP contribution in [0.1, 0.15) is 24.8 Å². The number of amides is 3.